The normalized spacial score (nSPS) is 16.4. The molecule has 0 saturated heterocycles. The van der Waals surface area contributed by atoms with Crippen LogP contribution >= 0.6 is 11.8 Å². The molecule has 1 saturated carbocycles. The third-order valence-electron chi connectivity index (χ3n) is 3.91. The van der Waals surface area contributed by atoms with Crippen molar-refractivity contribution >= 4 is 17.7 Å². The van der Waals surface area contributed by atoms with Crippen molar-refractivity contribution in [1.82, 2.24) is 5.32 Å². The quantitative estimate of drug-likeness (QED) is 0.627. The second kappa shape index (κ2) is 9.08. The van der Waals surface area contributed by atoms with Gasteiger partial charge >= 0.3 is 0 Å². The Kier molecular flexibility index (Phi) is 7.07. The number of rotatable bonds is 6. The van der Waals surface area contributed by atoms with Crippen molar-refractivity contribution in [3.63, 3.8) is 0 Å². The molecule has 4 heteroatoms. The second-order valence-electron chi connectivity index (χ2n) is 5.65. The monoisotopic (exact) mass is 309 g/mol. The fourth-order valence-corrected chi connectivity index (χ4v) is 3.61. The molecule has 0 bridgehead atoms. The Morgan fingerprint density at radius 2 is 1.90 bits per heavy atom. The molecule has 0 aromatic heterocycles. The SMILES string of the molecule is O=C(CCSCc1ccccc1F)NC1CCCCCC1. The number of thioether (sulfide) groups is 1. The van der Waals surface area contributed by atoms with Gasteiger partial charge in [-0.15, -0.1) is 0 Å². The van der Waals surface area contributed by atoms with Crippen LogP contribution in [0.2, 0.25) is 0 Å². The Balaban J connectivity index is 1.62. The number of hydrogen-bond donors (Lipinski definition) is 1. The van der Waals surface area contributed by atoms with Gasteiger partial charge in [0, 0.05) is 24.0 Å². The smallest absolute Gasteiger partial charge is 0.221 e. The molecule has 1 aliphatic carbocycles. The van der Waals surface area contributed by atoms with Gasteiger partial charge in [0.1, 0.15) is 5.82 Å². The molecule has 1 aliphatic rings. The van der Waals surface area contributed by atoms with Crippen LogP contribution in [0.15, 0.2) is 24.3 Å². The Bertz CT molecular complexity index is 444. The maximum atomic E-state index is 13.4. The molecule has 0 heterocycles. The van der Waals surface area contributed by atoms with Gasteiger partial charge in [-0.3, -0.25) is 4.79 Å². The molecule has 1 aromatic carbocycles. The van der Waals surface area contributed by atoms with Crippen molar-refractivity contribution in [2.45, 2.75) is 56.7 Å². The van der Waals surface area contributed by atoms with E-state index in [-0.39, 0.29) is 11.7 Å². The van der Waals surface area contributed by atoms with Crippen LogP contribution in [0, 0.1) is 5.82 Å². The molecule has 0 atom stereocenters. The van der Waals surface area contributed by atoms with E-state index in [0.29, 0.717) is 23.8 Å². The van der Waals surface area contributed by atoms with Gasteiger partial charge in [-0.25, -0.2) is 4.39 Å². The number of nitrogens with one attached hydrogen (secondary N) is 1. The predicted molar refractivity (Wildman–Crippen MR) is 86.8 cm³/mol. The van der Waals surface area contributed by atoms with Crippen LogP contribution in [-0.4, -0.2) is 17.7 Å². The molecule has 21 heavy (non-hydrogen) atoms. The summed E-state index contributed by atoms with van der Waals surface area (Å²) in [4.78, 5) is 11.9. The lowest BCUT2D eigenvalue weighted by Crippen LogP contribution is -2.34. The molecule has 2 rings (SSSR count). The van der Waals surface area contributed by atoms with E-state index in [1.54, 1.807) is 23.9 Å². The highest BCUT2D eigenvalue weighted by Crippen LogP contribution is 2.18. The highest BCUT2D eigenvalue weighted by Gasteiger charge is 2.14. The van der Waals surface area contributed by atoms with E-state index in [1.807, 2.05) is 6.07 Å². The number of amides is 1. The van der Waals surface area contributed by atoms with Gasteiger partial charge in [0.2, 0.25) is 5.91 Å². The Morgan fingerprint density at radius 1 is 1.19 bits per heavy atom. The molecule has 1 N–H and O–H groups in total. The summed E-state index contributed by atoms with van der Waals surface area (Å²) in [5, 5.41) is 3.14. The van der Waals surface area contributed by atoms with Gasteiger partial charge < -0.3 is 5.32 Å². The first kappa shape index (κ1) is 16.3. The van der Waals surface area contributed by atoms with E-state index in [1.165, 1.54) is 31.7 Å². The molecular formula is C17H24FNOS. The molecule has 1 fully saturated rings. The third kappa shape index (κ3) is 6.08. The number of carbonyl (C=O) groups excluding carboxylic acids is 1. The summed E-state index contributed by atoms with van der Waals surface area (Å²) in [6, 6.07) is 7.20. The summed E-state index contributed by atoms with van der Waals surface area (Å²) >= 11 is 1.61. The zero-order valence-corrected chi connectivity index (χ0v) is 13.3. The van der Waals surface area contributed by atoms with Gasteiger partial charge in [-0.2, -0.15) is 11.8 Å². The van der Waals surface area contributed by atoms with Crippen LogP contribution in [0.4, 0.5) is 4.39 Å². The summed E-state index contributed by atoms with van der Waals surface area (Å²) in [6.07, 6.45) is 7.81. The maximum absolute atomic E-state index is 13.4. The lowest BCUT2D eigenvalue weighted by molar-refractivity contribution is -0.121. The number of carbonyl (C=O) groups is 1. The van der Waals surface area contributed by atoms with Gasteiger partial charge in [0.05, 0.1) is 0 Å². The van der Waals surface area contributed by atoms with Crippen molar-refractivity contribution in [3.05, 3.63) is 35.6 Å². The Hall–Kier alpha value is -1.03. The minimum atomic E-state index is -0.159. The van der Waals surface area contributed by atoms with Crippen LogP contribution in [-0.2, 0) is 10.5 Å². The van der Waals surface area contributed by atoms with Crippen LogP contribution < -0.4 is 5.32 Å². The first-order valence-corrected chi connectivity index (χ1v) is 9.01. The molecule has 1 amide bonds. The van der Waals surface area contributed by atoms with E-state index in [9.17, 15) is 9.18 Å². The lowest BCUT2D eigenvalue weighted by Gasteiger charge is -2.16. The molecule has 0 radical (unpaired) electrons. The fourth-order valence-electron chi connectivity index (χ4n) is 2.69. The van der Waals surface area contributed by atoms with Crippen LogP contribution in [0.5, 0.6) is 0 Å². The molecule has 0 unspecified atom stereocenters. The summed E-state index contributed by atoms with van der Waals surface area (Å²) in [5.74, 6) is 1.35. The lowest BCUT2D eigenvalue weighted by atomic mass is 10.1. The fraction of sp³-hybridized carbons (Fsp3) is 0.588. The Labute approximate surface area is 130 Å². The van der Waals surface area contributed by atoms with Gasteiger partial charge in [-0.05, 0) is 24.5 Å². The van der Waals surface area contributed by atoms with Crippen molar-refractivity contribution in [2.75, 3.05) is 5.75 Å². The largest absolute Gasteiger partial charge is 0.353 e. The standard InChI is InChI=1S/C17H24FNOS/c18-16-10-6-5-7-14(16)13-21-12-11-17(20)19-15-8-3-1-2-4-9-15/h5-7,10,15H,1-4,8-9,11-13H2,(H,19,20). The molecule has 2 nitrogen and oxygen atoms in total. The molecule has 116 valence electrons. The summed E-state index contributed by atoms with van der Waals surface area (Å²) < 4.78 is 13.4. The Morgan fingerprint density at radius 3 is 2.62 bits per heavy atom. The molecule has 1 aromatic rings. The summed E-state index contributed by atoms with van der Waals surface area (Å²) in [5.41, 5.74) is 0.715. The second-order valence-corrected chi connectivity index (χ2v) is 6.76. The minimum absolute atomic E-state index is 0.142. The maximum Gasteiger partial charge on any atom is 0.221 e. The summed E-state index contributed by atoms with van der Waals surface area (Å²) in [7, 11) is 0. The van der Waals surface area contributed by atoms with Gasteiger partial charge in [-0.1, -0.05) is 43.9 Å². The molecule has 0 aliphatic heterocycles. The minimum Gasteiger partial charge on any atom is -0.353 e. The van der Waals surface area contributed by atoms with Crippen molar-refractivity contribution < 1.29 is 9.18 Å². The number of halogens is 1. The third-order valence-corrected chi connectivity index (χ3v) is 4.92. The first-order chi connectivity index (χ1) is 10.3. The average molecular weight is 309 g/mol. The highest BCUT2D eigenvalue weighted by molar-refractivity contribution is 7.98. The van der Waals surface area contributed by atoms with Gasteiger partial charge in [0.25, 0.3) is 0 Å². The predicted octanol–water partition coefficient (Wildman–Crippen LogP) is 4.29. The molecular weight excluding hydrogens is 285 g/mol. The van der Waals surface area contributed by atoms with E-state index >= 15 is 0 Å². The van der Waals surface area contributed by atoms with Gasteiger partial charge in [0.15, 0.2) is 0 Å². The van der Waals surface area contributed by atoms with Crippen molar-refractivity contribution in [2.24, 2.45) is 0 Å². The van der Waals surface area contributed by atoms with E-state index < -0.39 is 0 Å². The van der Waals surface area contributed by atoms with Crippen molar-refractivity contribution in [3.8, 4) is 0 Å². The van der Waals surface area contributed by atoms with Crippen molar-refractivity contribution in [1.29, 1.82) is 0 Å². The average Bonchev–Trinajstić information content (AvgIpc) is 2.74. The zero-order chi connectivity index (χ0) is 14.9. The van der Waals surface area contributed by atoms with E-state index in [2.05, 4.69) is 5.32 Å². The number of benzene rings is 1. The summed E-state index contributed by atoms with van der Waals surface area (Å²) in [6.45, 7) is 0. The van der Waals surface area contributed by atoms with Crippen LogP contribution in [0.3, 0.4) is 0 Å². The van der Waals surface area contributed by atoms with E-state index in [4.69, 9.17) is 0 Å². The van der Waals surface area contributed by atoms with E-state index in [0.717, 1.165) is 18.6 Å². The molecule has 0 spiro atoms. The zero-order valence-electron chi connectivity index (χ0n) is 12.4. The topological polar surface area (TPSA) is 29.1 Å². The first-order valence-electron chi connectivity index (χ1n) is 7.86. The number of hydrogen-bond acceptors (Lipinski definition) is 2. The highest BCUT2D eigenvalue weighted by atomic mass is 32.2. The van der Waals surface area contributed by atoms with Crippen LogP contribution in [0.25, 0.3) is 0 Å². The van der Waals surface area contributed by atoms with Crippen LogP contribution in [0.1, 0.15) is 50.5 Å².